The minimum absolute atomic E-state index is 0.0715. The topological polar surface area (TPSA) is 60.9 Å². The maximum absolute atomic E-state index is 12.6. The smallest absolute Gasteiger partial charge is 0.242 e. The monoisotopic (exact) mass is 331 g/mol. The second kappa shape index (κ2) is 5.99. The number of hydrogen-bond acceptors (Lipinski definition) is 4. The molecule has 0 unspecified atom stereocenters. The number of rotatable bonds is 4. The number of amides is 3. The summed E-state index contributed by atoms with van der Waals surface area (Å²) < 4.78 is 0. The molecule has 2 aliphatic heterocycles. The van der Waals surface area contributed by atoms with E-state index in [1.807, 2.05) is 0 Å². The van der Waals surface area contributed by atoms with E-state index in [0.29, 0.717) is 13.1 Å². The summed E-state index contributed by atoms with van der Waals surface area (Å²) in [5.74, 6) is -0.348. The number of carbonyl (C=O) groups is 3. The maximum Gasteiger partial charge on any atom is 0.242 e. The maximum atomic E-state index is 12.6. The van der Waals surface area contributed by atoms with Crippen LogP contribution >= 0.6 is 0 Å². The van der Waals surface area contributed by atoms with Crippen molar-refractivity contribution in [3.05, 3.63) is 12.2 Å². The second-order valence-electron chi connectivity index (χ2n) is 7.48. The van der Waals surface area contributed by atoms with Crippen LogP contribution in [-0.2, 0) is 14.4 Å². The van der Waals surface area contributed by atoms with E-state index in [2.05, 4.69) is 24.0 Å². The number of hydrogen-bond donors (Lipinski definition) is 0. The first kappa shape index (κ1) is 15.8. The van der Waals surface area contributed by atoms with Crippen molar-refractivity contribution in [3.8, 4) is 0 Å². The van der Waals surface area contributed by atoms with Crippen LogP contribution in [0.3, 0.4) is 0 Å². The average molecular weight is 331 g/mol. The molecule has 0 spiro atoms. The summed E-state index contributed by atoms with van der Waals surface area (Å²) in [6, 6.07) is 0. The molecule has 0 N–H and O–H groups in total. The van der Waals surface area contributed by atoms with E-state index >= 15 is 0 Å². The lowest BCUT2D eigenvalue weighted by Gasteiger charge is -2.35. The van der Waals surface area contributed by atoms with Gasteiger partial charge in [-0.25, -0.2) is 0 Å². The molecule has 24 heavy (non-hydrogen) atoms. The molecule has 130 valence electrons. The molecule has 2 heterocycles. The third-order valence-corrected chi connectivity index (χ3v) is 6.12. The van der Waals surface area contributed by atoms with Gasteiger partial charge in [-0.1, -0.05) is 19.1 Å². The molecule has 0 aromatic heterocycles. The number of imide groups is 1. The van der Waals surface area contributed by atoms with Crippen molar-refractivity contribution in [2.75, 3.05) is 39.3 Å². The Morgan fingerprint density at radius 1 is 1.04 bits per heavy atom. The SMILES string of the molecule is CCCN1CCN(C(=O)CN2C(=O)[C@@H]3[C@H](C2=O)[C@H]2C=C[C@H]3C2)CC1. The highest BCUT2D eigenvalue weighted by molar-refractivity contribution is 6.08. The van der Waals surface area contributed by atoms with E-state index in [1.165, 1.54) is 4.90 Å². The highest BCUT2D eigenvalue weighted by atomic mass is 16.2. The van der Waals surface area contributed by atoms with Crippen molar-refractivity contribution in [2.45, 2.75) is 19.8 Å². The average Bonchev–Trinajstić information content (AvgIpc) is 3.26. The Labute approximate surface area is 142 Å². The van der Waals surface area contributed by atoms with Crippen molar-refractivity contribution < 1.29 is 14.4 Å². The Balaban J connectivity index is 1.37. The van der Waals surface area contributed by atoms with Crippen LogP contribution < -0.4 is 0 Å². The molecular weight excluding hydrogens is 306 g/mol. The van der Waals surface area contributed by atoms with E-state index in [0.717, 1.165) is 32.5 Å². The van der Waals surface area contributed by atoms with Gasteiger partial charge in [0.1, 0.15) is 6.54 Å². The lowest BCUT2D eigenvalue weighted by molar-refractivity contribution is -0.147. The summed E-state index contributed by atoms with van der Waals surface area (Å²) in [7, 11) is 0. The Morgan fingerprint density at radius 2 is 1.62 bits per heavy atom. The van der Waals surface area contributed by atoms with Gasteiger partial charge in [0.2, 0.25) is 17.7 Å². The first-order valence-electron chi connectivity index (χ1n) is 9.14. The predicted octanol–water partition coefficient (Wildman–Crippen LogP) is 0.348. The molecule has 3 amide bonds. The van der Waals surface area contributed by atoms with Crippen LogP contribution in [0.1, 0.15) is 19.8 Å². The van der Waals surface area contributed by atoms with Crippen LogP contribution in [0.2, 0.25) is 0 Å². The zero-order valence-corrected chi connectivity index (χ0v) is 14.2. The van der Waals surface area contributed by atoms with Crippen LogP contribution in [-0.4, -0.2) is 71.7 Å². The molecule has 0 aromatic carbocycles. The lowest BCUT2D eigenvalue weighted by Crippen LogP contribution is -2.52. The van der Waals surface area contributed by atoms with Gasteiger partial charge < -0.3 is 4.90 Å². The van der Waals surface area contributed by atoms with Crippen LogP contribution in [0, 0.1) is 23.7 Å². The van der Waals surface area contributed by atoms with Crippen molar-refractivity contribution >= 4 is 17.7 Å². The van der Waals surface area contributed by atoms with Gasteiger partial charge >= 0.3 is 0 Å². The first-order valence-corrected chi connectivity index (χ1v) is 9.14. The van der Waals surface area contributed by atoms with Crippen molar-refractivity contribution in [1.82, 2.24) is 14.7 Å². The molecule has 4 rings (SSSR count). The Morgan fingerprint density at radius 3 is 2.17 bits per heavy atom. The highest BCUT2D eigenvalue weighted by Crippen LogP contribution is 2.52. The first-order chi connectivity index (χ1) is 11.6. The summed E-state index contributed by atoms with van der Waals surface area (Å²) in [4.78, 5) is 43.2. The van der Waals surface area contributed by atoms with Gasteiger partial charge in [-0.15, -0.1) is 0 Å². The number of piperazine rings is 1. The van der Waals surface area contributed by atoms with E-state index < -0.39 is 0 Å². The zero-order chi connectivity index (χ0) is 16.8. The van der Waals surface area contributed by atoms with Gasteiger partial charge in [-0.2, -0.15) is 0 Å². The summed E-state index contributed by atoms with van der Waals surface area (Å²) in [6.45, 7) is 6.27. The number of nitrogens with zero attached hydrogens (tertiary/aromatic N) is 3. The summed E-state index contributed by atoms with van der Waals surface area (Å²) in [5, 5.41) is 0. The molecule has 2 saturated heterocycles. The molecule has 3 fully saturated rings. The number of carbonyl (C=O) groups excluding carboxylic acids is 3. The number of fused-ring (bicyclic) bond motifs is 5. The van der Waals surface area contributed by atoms with E-state index in [4.69, 9.17) is 0 Å². The Hall–Kier alpha value is -1.69. The fraction of sp³-hybridized carbons (Fsp3) is 0.722. The van der Waals surface area contributed by atoms with Gasteiger partial charge in [0.25, 0.3) is 0 Å². The lowest BCUT2D eigenvalue weighted by atomic mass is 9.85. The van der Waals surface area contributed by atoms with Crippen molar-refractivity contribution in [1.29, 1.82) is 0 Å². The van der Waals surface area contributed by atoms with Gasteiger partial charge in [0.05, 0.1) is 11.8 Å². The molecule has 6 heteroatoms. The summed E-state index contributed by atoms with van der Waals surface area (Å²) >= 11 is 0. The third kappa shape index (κ3) is 2.39. The van der Waals surface area contributed by atoms with Gasteiger partial charge in [0.15, 0.2) is 0 Å². The van der Waals surface area contributed by atoms with Crippen LogP contribution in [0.25, 0.3) is 0 Å². The van der Waals surface area contributed by atoms with E-state index in [9.17, 15) is 14.4 Å². The predicted molar refractivity (Wildman–Crippen MR) is 87.7 cm³/mol. The molecule has 2 aliphatic carbocycles. The van der Waals surface area contributed by atoms with Gasteiger partial charge in [-0.05, 0) is 31.2 Å². The van der Waals surface area contributed by atoms with Crippen LogP contribution in [0.4, 0.5) is 0 Å². The van der Waals surface area contributed by atoms with E-state index in [1.54, 1.807) is 4.90 Å². The minimum atomic E-state index is -0.207. The van der Waals surface area contributed by atoms with Crippen molar-refractivity contribution in [3.63, 3.8) is 0 Å². The molecule has 6 nitrogen and oxygen atoms in total. The largest absolute Gasteiger partial charge is 0.339 e. The minimum Gasteiger partial charge on any atom is -0.339 e. The molecular formula is C18H25N3O3. The zero-order valence-electron chi connectivity index (χ0n) is 14.2. The number of likely N-dealkylation sites (tertiary alicyclic amines) is 1. The van der Waals surface area contributed by atoms with Crippen molar-refractivity contribution in [2.24, 2.45) is 23.7 Å². The van der Waals surface area contributed by atoms with Gasteiger partial charge in [-0.3, -0.25) is 24.2 Å². The summed E-state index contributed by atoms with van der Waals surface area (Å²) in [6.07, 6.45) is 6.20. The fourth-order valence-electron chi connectivity index (χ4n) is 4.89. The van der Waals surface area contributed by atoms with Gasteiger partial charge in [0, 0.05) is 26.2 Å². The quantitative estimate of drug-likeness (QED) is 0.551. The molecule has 4 aliphatic rings. The van der Waals surface area contributed by atoms with E-state index in [-0.39, 0.29) is 47.9 Å². The summed E-state index contributed by atoms with van der Waals surface area (Å²) in [5.41, 5.74) is 0. The third-order valence-electron chi connectivity index (χ3n) is 6.12. The fourth-order valence-corrected chi connectivity index (χ4v) is 4.89. The standard InChI is InChI=1S/C18H25N3O3/c1-2-5-19-6-8-20(9-7-19)14(22)11-21-17(23)15-12-3-4-13(10-12)16(15)18(21)24/h3-4,12-13,15-16H,2,5-11H2,1H3/t12-,13-,15-,16+/m0/s1. The Kier molecular flexibility index (Phi) is 3.95. The normalized spacial score (nSPS) is 35.2. The highest BCUT2D eigenvalue weighted by Gasteiger charge is 2.59. The number of allylic oxidation sites excluding steroid dienone is 2. The molecule has 1 saturated carbocycles. The molecule has 4 atom stereocenters. The second-order valence-corrected chi connectivity index (χ2v) is 7.48. The molecule has 0 aromatic rings. The van der Waals surface area contributed by atoms with Crippen LogP contribution in [0.15, 0.2) is 12.2 Å². The van der Waals surface area contributed by atoms with Crippen LogP contribution in [0.5, 0.6) is 0 Å². The Bertz CT molecular complexity index is 564. The molecule has 0 radical (unpaired) electrons. The molecule has 2 bridgehead atoms.